The van der Waals surface area contributed by atoms with E-state index < -0.39 is 0 Å². The monoisotopic (exact) mass is 228 g/mol. The molecule has 0 bridgehead atoms. The molecule has 2 unspecified atom stereocenters. The van der Waals surface area contributed by atoms with Crippen molar-refractivity contribution in [3.05, 3.63) is 0 Å². The van der Waals surface area contributed by atoms with Crippen molar-refractivity contribution in [2.24, 2.45) is 5.92 Å². The van der Waals surface area contributed by atoms with E-state index in [0.29, 0.717) is 0 Å². The van der Waals surface area contributed by atoms with Crippen LogP contribution in [0.5, 0.6) is 0 Å². The zero-order chi connectivity index (χ0) is 11.8. The summed E-state index contributed by atoms with van der Waals surface area (Å²) in [7, 11) is 0. The van der Waals surface area contributed by atoms with Crippen molar-refractivity contribution in [2.45, 2.75) is 45.6 Å². The molecule has 3 nitrogen and oxygen atoms in total. The molecule has 1 aliphatic rings. The number of likely N-dealkylation sites (N-methyl/N-ethyl adjacent to an activating group) is 1. The van der Waals surface area contributed by atoms with Gasteiger partial charge in [-0.25, -0.2) is 0 Å². The number of nitrogens with one attached hydrogen (secondary N) is 1. The van der Waals surface area contributed by atoms with Gasteiger partial charge < -0.3 is 15.3 Å². The van der Waals surface area contributed by atoms with Crippen LogP contribution in [0.15, 0.2) is 0 Å². The number of aliphatic hydroxyl groups excluding tert-OH is 1. The molecule has 2 N–H and O–H groups in total. The Kier molecular flexibility index (Phi) is 7.01. The fraction of sp³-hybridized carbons (Fsp3) is 1.00. The number of hydrogen-bond acceptors (Lipinski definition) is 3. The van der Waals surface area contributed by atoms with Gasteiger partial charge in [-0.3, -0.25) is 0 Å². The molecule has 0 radical (unpaired) electrons. The second-order valence-corrected chi connectivity index (χ2v) is 4.94. The van der Waals surface area contributed by atoms with Gasteiger partial charge in [0.05, 0.1) is 6.61 Å². The first-order valence-corrected chi connectivity index (χ1v) is 6.86. The van der Waals surface area contributed by atoms with Crippen molar-refractivity contribution in [3.8, 4) is 0 Å². The molecule has 0 aliphatic carbocycles. The lowest BCUT2D eigenvalue weighted by Crippen LogP contribution is -2.43. The third kappa shape index (κ3) is 4.81. The summed E-state index contributed by atoms with van der Waals surface area (Å²) in [6.07, 6.45) is 5.37. The minimum Gasteiger partial charge on any atom is -0.395 e. The molecule has 1 aliphatic heterocycles. The summed E-state index contributed by atoms with van der Waals surface area (Å²) in [5, 5.41) is 12.6. The summed E-state index contributed by atoms with van der Waals surface area (Å²) in [4.78, 5) is 2.51. The molecule has 16 heavy (non-hydrogen) atoms. The van der Waals surface area contributed by atoms with Crippen LogP contribution in [0.4, 0.5) is 0 Å². The maximum atomic E-state index is 9.27. The van der Waals surface area contributed by atoms with E-state index in [1.807, 2.05) is 0 Å². The smallest absolute Gasteiger partial charge is 0.0597 e. The van der Waals surface area contributed by atoms with E-state index in [-0.39, 0.29) is 12.6 Å². The van der Waals surface area contributed by atoms with Gasteiger partial charge in [0.2, 0.25) is 0 Å². The van der Waals surface area contributed by atoms with Gasteiger partial charge in [0.25, 0.3) is 0 Å². The Morgan fingerprint density at radius 1 is 1.31 bits per heavy atom. The van der Waals surface area contributed by atoms with Crippen molar-refractivity contribution in [2.75, 3.05) is 32.8 Å². The highest BCUT2D eigenvalue weighted by molar-refractivity contribution is 4.75. The molecule has 1 fully saturated rings. The number of likely N-dealkylation sites (tertiary alicyclic amines) is 1. The fourth-order valence-electron chi connectivity index (χ4n) is 2.60. The minimum atomic E-state index is 0.252. The minimum absolute atomic E-state index is 0.252. The van der Waals surface area contributed by atoms with Gasteiger partial charge in [-0.2, -0.15) is 0 Å². The van der Waals surface area contributed by atoms with Crippen molar-refractivity contribution >= 4 is 0 Å². The van der Waals surface area contributed by atoms with Gasteiger partial charge in [0.1, 0.15) is 0 Å². The van der Waals surface area contributed by atoms with Crippen molar-refractivity contribution in [1.82, 2.24) is 10.2 Å². The first kappa shape index (κ1) is 13.9. The number of aliphatic hydroxyl groups is 1. The fourth-order valence-corrected chi connectivity index (χ4v) is 2.60. The van der Waals surface area contributed by atoms with Crippen LogP contribution in [0.25, 0.3) is 0 Å². The van der Waals surface area contributed by atoms with Gasteiger partial charge in [-0.1, -0.05) is 20.3 Å². The lowest BCUT2D eigenvalue weighted by atomic mass is 9.98. The van der Waals surface area contributed by atoms with Crippen LogP contribution in [0.1, 0.15) is 39.5 Å². The summed E-state index contributed by atoms with van der Waals surface area (Å²) in [6.45, 7) is 9.01. The van der Waals surface area contributed by atoms with Gasteiger partial charge in [-0.15, -0.1) is 0 Å². The second-order valence-electron chi connectivity index (χ2n) is 4.94. The Balaban J connectivity index is 2.30. The third-order valence-corrected chi connectivity index (χ3v) is 3.71. The molecule has 0 aromatic rings. The Hall–Kier alpha value is -0.120. The molecule has 0 aromatic carbocycles. The van der Waals surface area contributed by atoms with Gasteiger partial charge in [-0.05, 0) is 44.8 Å². The average molecular weight is 228 g/mol. The molecule has 0 amide bonds. The summed E-state index contributed by atoms with van der Waals surface area (Å²) in [5.41, 5.74) is 0. The zero-order valence-electron chi connectivity index (χ0n) is 10.9. The van der Waals surface area contributed by atoms with Crippen LogP contribution in [0, 0.1) is 5.92 Å². The molecular formula is C13H28N2O. The largest absolute Gasteiger partial charge is 0.395 e. The molecule has 96 valence electrons. The van der Waals surface area contributed by atoms with Crippen molar-refractivity contribution in [1.29, 1.82) is 0 Å². The number of hydrogen-bond donors (Lipinski definition) is 2. The predicted molar refractivity (Wildman–Crippen MR) is 68.6 cm³/mol. The predicted octanol–water partition coefficient (Wildman–Crippen LogP) is 1.47. The average Bonchev–Trinajstić information content (AvgIpc) is 2.53. The van der Waals surface area contributed by atoms with Crippen molar-refractivity contribution < 1.29 is 5.11 Å². The summed E-state index contributed by atoms with van der Waals surface area (Å²) in [6, 6.07) is 0.253. The highest BCUT2D eigenvalue weighted by Crippen LogP contribution is 2.20. The lowest BCUT2D eigenvalue weighted by Gasteiger charge is -2.25. The maximum Gasteiger partial charge on any atom is 0.0597 e. The quantitative estimate of drug-likeness (QED) is 0.722. The summed E-state index contributed by atoms with van der Waals surface area (Å²) in [5.74, 6) is 0.928. The normalized spacial score (nSPS) is 25.3. The number of rotatable bonds is 6. The SMILES string of the molecule is CCNC(CO)CN1CCCC(CC)CC1. The summed E-state index contributed by atoms with van der Waals surface area (Å²) < 4.78 is 0. The zero-order valence-corrected chi connectivity index (χ0v) is 10.9. The first-order valence-electron chi connectivity index (χ1n) is 6.86. The van der Waals surface area contributed by atoms with E-state index in [2.05, 4.69) is 24.1 Å². The van der Waals surface area contributed by atoms with E-state index in [9.17, 15) is 5.11 Å². The summed E-state index contributed by atoms with van der Waals surface area (Å²) >= 11 is 0. The van der Waals surface area contributed by atoms with E-state index in [1.54, 1.807) is 0 Å². The second kappa shape index (κ2) is 8.04. The van der Waals surface area contributed by atoms with Crippen LogP contribution in [-0.2, 0) is 0 Å². The third-order valence-electron chi connectivity index (χ3n) is 3.71. The Morgan fingerprint density at radius 3 is 2.75 bits per heavy atom. The molecule has 1 saturated heterocycles. The Labute approximate surface area is 100 Å². The van der Waals surface area contributed by atoms with Crippen molar-refractivity contribution in [3.63, 3.8) is 0 Å². The molecule has 0 saturated carbocycles. The molecular weight excluding hydrogens is 200 g/mol. The van der Waals surface area contributed by atoms with Crippen LogP contribution in [-0.4, -0.2) is 48.8 Å². The van der Waals surface area contributed by atoms with Crippen LogP contribution < -0.4 is 5.32 Å². The van der Waals surface area contributed by atoms with E-state index in [4.69, 9.17) is 0 Å². The van der Waals surface area contributed by atoms with Crippen LogP contribution in [0.3, 0.4) is 0 Å². The standard InChI is InChI=1S/C13H28N2O/c1-3-12-6-5-8-15(9-7-12)10-13(11-16)14-4-2/h12-14,16H,3-11H2,1-2H3. The van der Waals surface area contributed by atoms with Crippen LogP contribution >= 0.6 is 0 Å². The first-order chi connectivity index (χ1) is 7.80. The number of nitrogens with zero attached hydrogens (tertiary/aromatic N) is 1. The lowest BCUT2D eigenvalue weighted by molar-refractivity contribution is 0.184. The molecule has 1 rings (SSSR count). The molecule has 3 heteroatoms. The van der Waals surface area contributed by atoms with Gasteiger partial charge in [0.15, 0.2) is 0 Å². The van der Waals surface area contributed by atoms with E-state index >= 15 is 0 Å². The highest BCUT2D eigenvalue weighted by atomic mass is 16.3. The van der Waals surface area contributed by atoms with E-state index in [1.165, 1.54) is 38.8 Å². The maximum absolute atomic E-state index is 9.27. The molecule has 2 atom stereocenters. The molecule has 0 aromatic heterocycles. The van der Waals surface area contributed by atoms with Gasteiger partial charge in [0, 0.05) is 12.6 Å². The van der Waals surface area contributed by atoms with E-state index in [0.717, 1.165) is 19.0 Å². The Morgan fingerprint density at radius 2 is 2.12 bits per heavy atom. The molecule has 0 spiro atoms. The topological polar surface area (TPSA) is 35.5 Å². The Bertz CT molecular complexity index is 175. The van der Waals surface area contributed by atoms with Crippen LogP contribution in [0.2, 0.25) is 0 Å². The highest BCUT2D eigenvalue weighted by Gasteiger charge is 2.18. The van der Waals surface area contributed by atoms with Gasteiger partial charge >= 0.3 is 0 Å². The molecule has 1 heterocycles.